The van der Waals surface area contributed by atoms with E-state index < -0.39 is 0 Å². The zero-order valence-corrected chi connectivity index (χ0v) is 19.8. The molecule has 3 heterocycles. The average Bonchev–Trinajstić information content (AvgIpc) is 3.53. The number of aryl methyl sites for hydroxylation is 1. The molecule has 1 N–H and O–H groups in total. The Labute approximate surface area is 206 Å². The molecule has 2 aromatic carbocycles. The molecule has 2 amide bonds. The van der Waals surface area contributed by atoms with E-state index in [1.165, 1.54) is 12.1 Å². The fraction of sp³-hybridized carbons (Fsp3) is 0.231. The van der Waals surface area contributed by atoms with Gasteiger partial charge in [0.2, 0.25) is 0 Å². The van der Waals surface area contributed by atoms with Crippen molar-refractivity contribution >= 4 is 11.8 Å². The van der Waals surface area contributed by atoms with E-state index in [-0.39, 0.29) is 42.1 Å². The van der Waals surface area contributed by atoms with Crippen molar-refractivity contribution < 1.29 is 23.2 Å². The normalized spacial score (nSPS) is 12.8. The van der Waals surface area contributed by atoms with Crippen molar-refractivity contribution in [2.24, 2.45) is 7.05 Å². The van der Waals surface area contributed by atoms with E-state index >= 15 is 0 Å². The lowest BCUT2D eigenvalue weighted by atomic mass is 10.0. The Morgan fingerprint density at radius 1 is 1.14 bits per heavy atom. The van der Waals surface area contributed by atoms with Gasteiger partial charge in [-0.05, 0) is 42.0 Å². The Hall–Kier alpha value is -4.47. The predicted octanol–water partition coefficient (Wildman–Crippen LogP) is 3.35. The molecule has 0 atom stereocenters. The van der Waals surface area contributed by atoms with E-state index in [0.717, 1.165) is 16.8 Å². The second kappa shape index (κ2) is 9.65. The van der Waals surface area contributed by atoms with Crippen LogP contribution < -0.4 is 10.1 Å². The maximum Gasteiger partial charge on any atom is 0.276 e. The van der Waals surface area contributed by atoms with Crippen molar-refractivity contribution in [3.05, 3.63) is 88.6 Å². The molecule has 1 aliphatic heterocycles. The van der Waals surface area contributed by atoms with Gasteiger partial charge in [-0.25, -0.2) is 4.39 Å². The van der Waals surface area contributed by atoms with Gasteiger partial charge >= 0.3 is 0 Å². The van der Waals surface area contributed by atoms with Crippen LogP contribution in [0.3, 0.4) is 0 Å². The number of halogens is 1. The second-order valence-corrected chi connectivity index (χ2v) is 8.49. The summed E-state index contributed by atoms with van der Waals surface area (Å²) in [4.78, 5) is 27.8. The van der Waals surface area contributed by atoms with Gasteiger partial charge in [-0.2, -0.15) is 5.10 Å². The van der Waals surface area contributed by atoms with Crippen LogP contribution in [-0.2, 0) is 26.6 Å². The maximum atomic E-state index is 13.2. The molecule has 0 saturated carbocycles. The van der Waals surface area contributed by atoms with Gasteiger partial charge < -0.3 is 19.5 Å². The number of amides is 2. The Balaban J connectivity index is 1.30. The molecule has 10 heteroatoms. The number of methoxy groups -OCH3 is 1. The molecule has 0 spiro atoms. The average molecular weight is 490 g/mol. The number of aromatic nitrogens is 3. The summed E-state index contributed by atoms with van der Waals surface area (Å²) in [6.07, 6.45) is 0.555. The fourth-order valence-electron chi connectivity index (χ4n) is 4.25. The minimum Gasteiger partial charge on any atom is -0.497 e. The highest BCUT2D eigenvalue weighted by Crippen LogP contribution is 2.26. The summed E-state index contributed by atoms with van der Waals surface area (Å²) in [5, 5.41) is 11.2. The molecule has 2 aromatic heterocycles. The largest absolute Gasteiger partial charge is 0.497 e. The third-order valence-electron chi connectivity index (χ3n) is 6.21. The van der Waals surface area contributed by atoms with Crippen molar-refractivity contribution in [3.63, 3.8) is 0 Å². The first-order valence-electron chi connectivity index (χ1n) is 11.4. The van der Waals surface area contributed by atoms with Gasteiger partial charge in [-0.1, -0.05) is 17.3 Å². The second-order valence-electron chi connectivity index (χ2n) is 8.49. The zero-order valence-electron chi connectivity index (χ0n) is 19.8. The summed E-state index contributed by atoms with van der Waals surface area (Å²) in [5.74, 6) is 0.213. The molecule has 0 saturated heterocycles. The topological polar surface area (TPSA) is 102 Å². The molecule has 0 bridgehead atoms. The molecule has 184 valence electrons. The molecular formula is C26H24FN5O4. The predicted molar refractivity (Wildman–Crippen MR) is 128 cm³/mol. The van der Waals surface area contributed by atoms with Crippen LogP contribution in [0.5, 0.6) is 5.75 Å². The van der Waals surface area contributed by atoms with Crippen molar-refractivity contribution in [3.8, 4) is 17.1 Å². The molecule has 0 radical (unpaired) electrons. The fourth-order valence-corrected chi connectivity index (χ4v) is 4.25. The Kier molecular flexibility index (Phi) is 6.24. The lowest BCUT2D eigenvalue weighted by molar-refractivity contribution is 0.0720. The lowest BCUT2D eigenvalue weighted by Gasteiger charge is -2.26. The molecule has 4 aromatic rings. The number of ether oxygens (including phenoxy) is 1. The van der Waals surface area contributed by atoms with Crippen molar-refractivity contribution in [2.45, 2.75) is 19.5 Å². The molecule has 5 rings (SSSR count). The summed E-state index contributed by atoms with van der Waals surface area (Å²) in [5.41, 5.74) is 3.61. The quantitative estimate of drug-likeness (QED) is 0.446. The van der Waals surface area contributed by atoms with E-state index in [1.807, 2.05) is 12.1 Å². The van der Waals surface area contributed by atoms with Crippen molar-refractivity contribution in [2.75, 3.05) is 13.7 Å². The molecule has 0 unspecified atom stereocenters. The summed E-state index contributed by atoms with van der Waals surface area (Å²) < 4.78 is 25.4. The number of carbonyl (C=O) groups excluding carboxylic acids is 2. The highest BCUT2D eigenvalue weighted by molar-refractivity contribution is 5.95. The number of benzene rings is 2. The van der Waals surface area contributed by atoms with E-state index in [9.17, 15) is 14.0 Å². The minimum absolute atomic E-state index is 0.190. The van der Waals surface area contributed by atoms with Crippen LogP contribution >= 0.6 is 0 Å². The molecule has 0 fully saturated rings. The number of nitrogens with zero attached hydrogens (tertiary/aromatic N) is 4. The van der Waals surface area contributed by atoms with Gasteiger partial charge in [-0.3, -0.25) is 14.3 Å². The Bertz CT molecular complexity index is 1410. The smallest absolute Gasteiger partial charge is 0.276 e. The SMILES string of the molecule is COc1ccc(-c2cc(C(=O)N3CCc4c(c(C(=O)NCc5ccc(F)cc5)nn4C)C3)no2)cc1. The van der Waals surface area contributed by atoms with Crippen molar-refractivity contribution in [1.29, 1.82) is 0 Å². The van der Waals surface area contributed by atoms with Crippen LogP contribution in [0.25, 0.3) is 11.3 Å². The van der Waals surface area contributed by atoms with Crippen LogP contribution in [-0.4, -0.2) is 45.3 Å². The van der Waals surface area contributed by atoms with E-state index in [0.29, 0.717) is 30.0 Å². The molecule has 0 aliphatic carbocycles. The number of nitrogens with one attached hydrogen (secondary N) is 1. The van der Waals surface area contributed by atoms with Gasteiger partial charge in [0.15, 0.2) is 17.1 Å². The number of rotatable bonds is 6. The first-order chi connectivity index (χ1) is 17.4. The van der Waals surface area contributed by atoms with Gasteiger partial charge in [0.1, 0.15) is 11.6 Å². The molecule has 9 nitrogen and oxygen atoms in total. The number of carbonyl (C=O) groups is 2. The number of hydrogen-bond acceptors (Lipinski definition) is 6. The summed E-state index contributed by atoms with van der Waals surface area (Å²) in [6.45, 7) is 0.930. The molecule has 36 heavy (non-hydrogen) atoms. The molecule has 1 aliphatic rings. The highest BCUT2D eigenvalue weighted by Gasteiger charge is 2.31. The Morgan fingerprint density at radius 3 is 2.61 bits per heavy atom. The highest BCUT2D eigenvalue weighted by atomic mass is 19.1. The standard InChI is InChI=1S/C26H24FN5O4/c1-31-22-11-12-32(26(34)21-13-23(36-30-21)17-5-9-19(35-2)10-6-17)15-20(22)24(29-31)25(33)28-14-16-3-7-18(27)8-4-16/h3-10,13H,11-12,14-15H2,1-2H3,(H,28,33). The Morgan fingerprint density at radius 2 is 1.89 bits per heavy atom. The third kappa shape index (κ3) is 4.57. The minimum atomic E-state index is -0.353. The van der Waals surface area contributed by atoms with Crippen LogP contribution in [0.4, 0.5) is 4.39 Å². The summed E-state index contributed by atoms with van der Waals surface area (Å²) >= 11 is 0. The van der Waals surface area contributed by atoms with Gasteiger partial charge in [0.25, 0.3) is 11.8 Å². The number of fused-ring (bicyclic) bond motifs is 1. The molecular weight excluding hydrogens is 465 g/mol. The monoisotopic (exact) mass is 489 g/mol. The maximum absolute atomic E-state index is 13.2. The summed E-state index contributed by atoms with van der Waals surface area (Å²) in [7, 11) is 3.37. The van der Waals surface area contributed by atoms with E-state index in [4.69, 9.17) is 9.26 Å². The van der Waals surface area contributed by atoms with Gasteiger partial charge in [-0.15, -0.1) is 0 Å². The van der Waals surface area contributed by atoms with Crippen molar-refractivity contribution in [1.82, 2.24) is 25.2 Å². The van der Waals surface area contributed by atoms with Crippen LogP contribution in [0, 0.1) is 5.82 Å². The van der Waals surface area contributed by atoms with E-state index in [1.54, 1.807) is 54.1 Å². The van der Waals surface area contributed by atoms with Crippen LogP contribution in [0.2, 0.25) is 0 Å². The van der Waals surface area contributed by atoms with E-state index in [2.05, 4.69) is 15.6 Å². The zero-order chi connectivity index (χ0) is 25.2. The van der Waals surface area contributed by atoms with Gasteiger partial charge in [0.05, 0.1) is 13.7 Å². The summed E-state index contributed by atoms with van der Waals surface area (Å²) in [6, 6.07) is 14.8. The third-order valence-corrected chi connectivity index (χ3v) is 6.21. The van der Waals surface area contributed by atoms with Gasteiger partial charge in [0, 0.05) is 49.4 Å². The first kappa shape index (κ1) is 23.3. The van der Waals surface area contributed by atoms with Crippen LogP contribution in [0.15, 0.2) is 59.1 Å². The van der Waals surface area contributed by atoms with Crippen LogP contribution in [0.1, 0.15) is 37.8 Å². The number of hydrogen-bond donors (Lipinski definition) is 1. The first-order valence-corrected chi connectivity index (χ1v) is 11.4. The lowest BCUT2D eigenvalue weighted by Crippen LogP contribution is -2.37.